The predicted molar refractivity (Wildman–Crippen MR) is 71.4 cm³/mol. The van der Waals surface area contributed by atoms with Gasteiger partial charge in [-0.2, -0.15) is 4.99 Å². The first-order chi connectivity index (χ1) is 9.22. The third kappa shape index (κ3) is 2.28. The average molecular weight is 254 g/mol. The molecule has 2 heterocycles. The van der Waals surface area contributed by atoms with Crippen molar-refractivity contribution in [1.29, 1.82) is 0 Å². The third-order valence-corrected chi connectivity index (χ3v) is 2.75. The van der Waals surface area contributed by atoms with Gasteiger partial charge in [0.15, 0.2) is 5.84 Å². The number of anilines is 1. The molecule has 3 amide bonds. The van der Waals surface area contributed by atoms with Gasteiger partial charge in [-0.05, 0) is 18.2 Å². The molecule has 0 saturated heterocycles. The molecule has 6 nitrogen and oxygen atoms in total. The number of rotatable bonds is 2. The van der Waals surface area contributed by atoms with Gasteiger partial charge in [-0.15, -0.1) is 0 Å². The van der Waals surface area contributed by atoms with Crippen LogP contribution in [0, 0.1) is 0 Å². The normalized spacial score (nSPS) is 20.2. The van der Waals surface area contributed by atoms with Crippen molar-refractivity contribution in [1.82, 2.24) is 5.32 Å². The zero-order valence-electron chi connectivity index (χ0n) is 9.83. The lowest BCUT2D eigenvalue weighted by atomic mass is 10.1. The van der Waals surface area contributed by atoms with Crippen LogP contribution in [-0.4, -0.2) is 30.0 Å². The van der Waals surface area contributed by atoms with Crippen molar-refractivity contribution < 1.29 is 9.59 Å². The van der Waals surface area contributed by atoms with E-state index in [-0.39, 0.29) is 5.91 Å². The van der Waals surface area contributed by atoms with Crippen LogP contribution >= 0.6 is 0 Å². The molecular weight excluding hydrogens is 244 g/mol. The minimum absolute atomic E-state index is 0.268. The molecule has 1 unspecified atom stereocenters. The van der Waals surface area contributed by atoms with E-state index in [0.717, 1.165) is 0 Å². The monoisotopic (exact) mass is 254 g/mol. The fraction of sp³-hybridized carbons (Fsp3) is 0.0769. The number of urea groups is 1. The first kappa shape index (κ1) is 11.3. The Bertz CT molecular complexity index is 631. The van der Waals surface area contributed by atoms with Gasteiger partial charge < -0.3 is 10.6 Å². The first-order valence-electron chi connectivity index (χ1n) is 5.74. The SMILES string of the molecule is O=C1N=C2N=CC(C(=O)Nc3ccccc3)=CC2N1. The minimum atomic E-state index is -0.432. The van der Waals surface area contributed by atoms with E-state index in [1.165, 1.54) is 6.21 Å². The topological polar surface area (TPSA) is 82.9 Å². The molecule has 0 radical (unpaired) electrons. The molecule has 1 atom stereocenters. The zero-order valence-corrected chi connectivity index (χ0v) is 9.83. The molecule has 1 aromatic carbocycles. The molecule has 94 valence electrons. The van der Waals surface area contributed by atoms with E-state index in [9.17, 15) is 9.59 Å². The highest BCUT2D eigenvalue weighted by molar-refractivity contribution is 6.23. The number of hydrogen-bond donors (Lipinski definition) is 2. The summed E-state index contributed by atoms with van der Waals surface area (Å²) in [5, 5.41) is 5.34. The van der Waals surface area contributed by atoms with E-state index in [2.05, 4.69) is 20.6 Å². The number of amidine groups is 1. The number of fused-ring (bicyclic) bond motifs is 1. The molecule has 0 saturated carbocycles. The summed E-state index contributed by atoms with van der Waals surface area (Å²) < 4.78 is 0. The lowest BCUT2D eigenvalue weighted by Crippen LogP contribution is -2.33. The van der Waals surface area contributed by atoms with Crippen molar-refractivity contribution in [3.8, 4) is 0 Å². The van der Waals surface area contributed by atoms with Gasteiger partial charge in [0.1, 0.15) is 6.04 Å². The summed E-state index contributed by atoms with van der Waals surface area (Å²) >= 11 is 0. The quantitative estimate of drug-likeness (QED) is 0.829. The molecule has 0 aliphatic carbocycles. The molecule has 0 aromatic heterocycles. The second-order valence-corrected chi connectivity index (χ2v) is 4.10. The maximum absolute atomic E-state index is 12.0. The molecule has 2 N–H and O–H groups in total. The summed E-state index contributed by atoms with van der Waals surface area (Å²) in [7, 11) is 0. The first-order valence-corrected chi connectivity index (χ1v) is 5.74. The van der Waals surface area contributed by atoms with E-state index in [1.54, 1.807) is 18.2 Å². The number of nitrogens with zero attached hydrogens (tertiary/aromatic N) is 2. The molecule has 2 aliphatic heterocycles. The van der Waals surface area contributed by atoms with Crippen LogP contribution in [0.2, 0.25) is 0 Å². The fourth-order valence-electron chi connectivity index (χ4n) is 1.85. The van der Waals surface area contributed by atoms with Crippen LogP contribution in [-0.2, 0) is 4.79 Å². The Balaban J connectivity index is 1.76. The van der Waals surface area contributed by atoms with Gasteiger partial charge in [-0.1, -0.05) is 18.2 Å². The van der Waals surface area contributed by atoms with Gasteiger partial charge in [-0.3, -0.25) is 4.79 Å². The van der Waals surface area contributed by atoms with Crippen molar-refractivity contribution >= 4 is 29.7 Å². The van der Waals surface area contributed by atoms with Crippen molar-refractivity contribution in [3.63, 3.8) is 0 Å². The Labute approximate surface area is 108 Å². The lowest BCUT2D eigenvalue weighted by molar-refractivity contribution is -0.112. The molecule has 2 aliphatic rings. The Morgan fingerprint density at radius 3 is 2.84 bits per heavy atom. The van der Waals surface area contributed by atoms with E-state index in [0.29, 0.717) is 17.1 Å². The number of dihydropyridines is 1. The molecule has 1 aromatic rings. The van der Waals surface area contributed by atoms with Crippen LogP contribution in [0.3, 0.4) is 0 Å². The summed E-state index contributed by atoms with van der Waals surface area (Å²) in [4.78, 5) is 30.8. The van der Waals surface area contributed by atoms with E-state index >= 15 is 0 Å². The molecule has 19 heavy (non-hydrogen) atoms. The van der Waals surface area contributed by atoms with Crippen LogP contribution in [0.25, 0.3) is 0 Å². The molecule has 0 bridgehead atoms. The number of carbonyl (C=O) groups excluding carboxylic acids is 2. The van der Waals surface area contributed by atoms with Crippen molar-refractivity contribution in [2.75, 3.05) is 5.32 Å². The summed E-state index contributed by atoms with van der Waals surface area (Å²) in [5.41, 5.74) is 1.10. The van der Waals surface area contributed by atoms with Gasteiger partial charge in [0, 0.05) is 11.9 Å². The number of nitrogens with one attached hydrogen (secondary N) is 2. The Morgan fingerprint density at radius 1 is 1.26 bits per heavy atom. The predicted octanol–water partition coefficient (Wildman–Crippen LogP) is 1.13. The van der Waals surface area contributed by atoms with Crippen LogP contribution in [0.4, 0.5) is 10.5 Å². The largest absolute Gasteiger partial charge is 0.343 e. The second-order valence-electron chi connectivity index (χ2n) is 4.10. The Morgan fingerprint density at radius 2 is 2.05 bits per heavy atom. The number of para-hydroxylation sites is 1. The molecule has 6 heteroatoms. The van der Waals surface area contributed by atoms with Crippen LogP contribution in [0.1, 0.15) is 0 Å². The molecule has 0 fully saturated rings. The van der Waals surface area contributed by atoms with Crippen molar-refractivity contribution in [2.24, 2.45) is 9.98 Å². The standard InChI is InChI=1S/C13H10N4O2/c18-12(15-9-4-2-1-3-5-9)8-6-10-11(14-7-8)17-13(19)16-10/h1-7,10H,(H,15,18)(H,16,19). The van der Waals surface area contributed by atoms with E-state index in [1.807, 2.05) is 18.2 Å². The maximum atomic E-state index is 12.0. The van der Waals surface area contributed by atoms with Gasteiger partial charge in [-0.25, -0.2) is 9.79 Å². The molecule has 3 rings (SSSR count). The number of amides is 3. The van der Waals surface area contributed by atoms with Crippen LogP contribution in [0.5, 0.6) is 0 Å². The van der Waals surface area contributed by atoms with Gasteiger partial charge in [0.05, 0.1) is 5.57 Å². The summed E-state index contributed by atoms with van der Waals surface area (Å²) in [6.07, 6.45) is 3.04. The van der Waals surface area contributed by atoms with Gasteiger partial charge in [0.2, 0.25) is 0 Å². The Hall–Kier alpha value is -2.76. The zero-order chi connectivity index (χ0) is 13.2. The fourth-order valence-corrected chi connectivity index (χ4v) is 1.85. The summed E-state index contributed by atoms with van der Waals surface area (Å²) in [5.74, 6) is 0.122. The average Bonchev–Trinajstić information content (AvgIpc) is 2.78. The second kappa shape index (κ2) is 4.49. The van der Waals surface area contributed by atoms with Gasteiger partial charge >= 0.3 is 6.03 Å². The summed E-state index contributed by atoms with van der Waals surface area (Å²) in [6, 6.07) is 8.29. The Kier molecular flexibility index (Phi) is 2.68. The number of hydrogen-bond acceptors (Lipinski definition) is 3. The van der Waals surface area contributed by atoms with E-state index in [4.69, 9.17) is 0 Å². The third-order valence-electron chi connectivity index (χ3n) is 2.75. The number of benzene rings is 1. The smallest absolute Gasteiger partial charge is 0.323 e. The lowest BCUT2D eigenvalue weighted by Gasteiger charge is -2.12. The number of aliphatic imine (C=N–C) groups is 2. The van der Waals surface area contributed by atoms with Crippen molar-refractivity contribution in [3.05, 3.63) is 42.0 Å². The van der Waals surface area contributed by atoms with Crippen LogP contribution in [0.15, 0.2) is 52.0 Å². The highest BCUT2D eigenvalue weighted by Gasteiger charge is 2.27. The minimum Gasteiger partial charge on any atom is -0.323 e. The maximum Gasteiger partial charge on any atom is 0.343 e. The molecular formula is C13H10N4O2. The van der Waals surface area contributed by atoms with Crippen LogP contribution < -0.4 is 10.6 Å². The van der Waals surface area contributed by atoms with E-state index < -0.39 is 12.1 Å². The molecule has 0 spiro atoms. The number of carbonyl (C=O) groups is 2. The highest BCUT2D eigenvalue weighted by atomic mass is 16.2. The van der Waals surface area contributed by atoms with Crippen molar-refractivity contribution in [2.45, 2.75) is 6.04 Å². The summed E-state index contributed by atoms with van der Waals surface area (Å²) in [6.45, 7) is 0. The van der Waals surface area contributed by atoms with Gasteiger partial charge in [0.25, 0.3) is 5.91 Å². The highest BCUT2D eigenvalue weighted by Crippen LogP contribution is 2.13.